The van der Waals surface area contributed by atoms with Gasteiger partial charge in [0.2, 0.25) is 0 Å². The molecule has 0 bridgehead atoms. The predicted molar refractivity (Wildman–Crippen MR) is 87.3 cm³/mol. The zero-order valence-electron chi connectivity index (χ0n) is 11.5. The van der Waals surface area contributed by atoms with Gasteiger partial charge in [-0.15, -0.1) is 0 Å². The van der Waals surface area contributed by atoms with Crippen LogP contribution in [0.4, 0.5) is 0 Å². The van der Waals surface area contributed by atoms with Gasteiger partial charge < -0.3 is 10.5 Å². The molecular formula is C16H17BrClNO. The monoisotopic (exact) mass is 353 g/mol. The average Bonchev–Trinajstić information content (AvgIpc) is 2.43. The number of aryl methyl sites for hydroxylation is 2. The molecule has 2 nitrogen and oxygen atoms in total. The first kappa shape index (κ1) is 15.4. The molecule has 2 N–H and O–H groups in total. The molecule has 2 rings (SSSR count). The summed E-state index contributed by atoms with van der Waals surface area (Å²) in [5.74, 6) is 0.833. The summed E-state index contributed by atoms with van der Waals surface area (Å²) in [7, 11) is 0. The molecule has 0 saturated carbocycles. The lowest BCUT2D eigenvalue weighted by Gasteiger charge is -2.11. The van der Waals surface area contributed by atoms with E-state index in [0.29, 0.717) is 13.2 Å². The van der Waals surface area contributed by atoms with E-state index >= 15 is 0 Å². The van der Waals surface area contributed by atoms with E-state index in [1.165, 1.54) is 0 Å². The van der Waals surface area contributed by atoms with Crippen molar-refractivity contribution in [2.45, 2.75) is 27.0 Å². The molecule has 2 aromatic carbocycles. The van der Waals surface area contributed by atoms with Crippen molar-refractivity contribution in [3.63, 3.8) is 0 Å². The fourth-order valence-electron chi connectivity index (χ4n) is 1.99. The fraction of sp³-hybridized carbons (Fsp3) is 0.250. The smallest absolute Gasteiger partial charge is 0.120 e. The molecule has 0 aliphatic heterocycles. The minimum absolute atomic E-state index is 0.506. The molecular weight excluding hydrogens is 338 g/mol. The Bertz CT molecular complexity index is 605. The Morgan fingerprint density at radius 1 is 1.15 bits per heavy atom. The minimum Gasteiger partial charge on any atom is -0.489 e. The van der Waals surface area contributed by atoms with E-state index < -0.39 is 0 Å². The van der Waals surface area contributed by atoms with Crippen molar-refractivity contribution in [2.75, 3.05) is 0 Å². The fourth-order valence-corrected chi connectivity index (χ4v) is 2.64. The number of ether oxygens (including phenoxy) is 1. The third kappa shape index (κ3) is 3.54. The molecule has 0 aliphatic rings. The SMILES string of the molecule is Cc1cc(OCc2ccc(CN)cc2Br)cc(C)c1Cl. The maximum absolute atomic E-state index is 6.15. The summed E-state index contributed by atoms with van der Waals surface area (Å²) < 4.78 is 6.86. The van der Waals surface area contributed by atoms with Crippen LogP contribution in [-0.4, -0.2) is 0 Å². The topological polar surface area (TPSA) is 35.2 Å². The summed E-state index contributed by atoms with van der Waals surface area (Å²) in [4.78, 5) is 0. The van der Waals surface area contributed by atoms with Crippen LogP contribution in [0.15, 0.2) is 34.8 Å². The molecule has 0 saturated heterocycles. The zero-order chi connectivity index (χ0) is 14.7. The van der Waals surface area contributed by atoms with Crippen LogP contribution < -0.4 is 10.5 Å². The van der Waals surface area contributed by atoms with Gasteiger partial charge in [0.1, 0.15) is 12.4 Å². The molecule has 0 aliphatic carbocycles. The number of rotatable bonds is 4. The molecule has 0 heterocycles. The van der Waals surface area contributed by atoms with E-state index in [0.717, 1.165) is 37.5 Å². The summed E-state index contributed by atoms with van der Waals surface area (Å²) in [5.41, 5.74) is 9.86. The van der Waals surface area contributed by atoms with Crippen molar-refractivity contribution < 1.29 is 4.74 Å². The molecule has 106 valence electrons. The molecule has 0 fully saturated rings. The van der Waals surface area contributed by atoms with Crippen molar-refractivity contribution >= 4 is 27.5 Å². The number of nitrogens with two attached hydrogens (primary N) is 1. The first-order valence-electron chi connectivity index (χ1n) is 6.38. The first-order chi connectivity index (χ1) is 9.51. The molecule has 20 heavy (non-hydrogen) atoms. The van der Waals surface area contributed by atoms with E-state index in [1.807, 2.05) is 44.2 Å². The summed E-state index contributed by atoms with van der Waals surface area (Å²) in [6.07, 6.45) is 0. The standard InChI is InChI=1S/C16H17BrClNO/c1-10-5-14(6-11(2)16(10)18)20-9-13-4-3-12(8-19)7-15(13)17/h3-7H,8-9,19H2,1-2H3. The van der Waals surface area contributed by atoms with Crippen molar-refractivity contribution in [1.82, 2.24) is 0 Å². The van der Waals surface area contributed by atoms with Crippen molar-refractivity contribution in [1.29, 1.82) is 0 Å². The highest BCUT2D eigenvalue weighted by Crippen LogP contribution is 2.27. The number of halogens is 2. The number of hydrogen-bond acceptors (Lipinski definition) is 2. The zero-order valence-corrected chi connectivity index (χ0v) is 13.9. The Balaban J connectivity index is 2.13. The van der Waals surface area contributed by atoms with Gasteiger partial charge in [-0.25, -0.2) is 0 Å². The van der Waals surface area contributed by atoms with Gasteiger partial charge in [0.05, 0.1) is 0 Å². The molecule has 0 unspecified atom stereocenters. The number of benzene rings is 2. The maximum atomic E-state index is 6.15. The van der Waals surface area contributed by atoms with Gasteiger partial charge in [0.15, 0.2) is 0 Å². The van der Waals surface area contributed by atoms with Crippen LogP contribution in [0, 0.1) is 13.8 Å². The van der Waals surface area contributed by atoms with Crippen LogP contribution in [-0.2, 0) is 13.2 Å². The Morgan fingerprint density at radius 2 is 1.80 bits per heavy atom. The predicted octanol–water partition coefficient (Wildman–Crippen LogP) is 4.76. The number of hydrogen-bond donors (Lipinski definition) is 1. The summed E-state index contributed by atoms with van der Waals surface area (Å²) in [6, 6.07) is 9.98. The van der Waals surface area contributed by atoms with Crippen LogP contribution in [0.2, 0.25) is 5.02 Å². The van der Waals surface area contributed by atoms with Crippen molar-refractivity contribution in [2.24, 2.45) is 5.73 Å². The largest absolute Gasteiger partial charge is 0.489 e. The van der Waals surface area contributed by atoms with E-state index in [-0.39, 0.29) is 0 Å². The summed E-state index contributed by atoms with van der Waals surface area (Å²) in [5, 5.41) is 0.797. The molecule has 0 radical (unpaired) electrons. The van der Waals surface area contributed by atoms with E-state index in [1.54, 1.807) is 0 Å². The van der Waals surface area contributed by atoms with Crippen molar-refractivity contribution in [3.8, 4) is 5.75 Å². The van der Waals surface area contributed by atoms with Gasteiger partial charge in [-0.05, 0) is 48.7 Å². The van der Waals surface area contributed by atoms with Gasteiger partial charge in [-0.1, -0.05) is 39.7 Å². The highest BCUT2D eigenvalue weighted by molar-refractivity contribution is 9.10. The molecule has 0 amide bonds. The molecule has 2 aromatic rings. The Hall–Kier alpha value is -1.03. The Labute approximate surface area is 133 Å². The van der Waals surface area contributed by atoms with Gasteiger partial charge in [0, 0.05) is 21.6 Å². The highest BCUT2D eigenvalue weighted by Gasteiger charge is 2.06. The molecule has 0 aromatic heterocycles. The third-order valence-electron chi connectivity index (χ3n) is 3.16. The summed E-state index contributed by atoms with van der Waals surface area (Å²) >= 11 is 9.70. The molecule has 0 atom stereocenters. The van der Waals surface area contributed by atoms with Crippen LogP contribution >= 0.6 is 27.5 Å². The van der Waals surface area contributed by atoms with Gasteiger partial charge in [-0.3, -0.25) is 0 Å². The highest BCUT2D eigenvalue weighted by atomic mass is 79.9. The van der Waals surface area contributed by atoms with Crippen LogP contribution in [0.25, 0.3) is 0 Å². The second-order valence-corrected chi connectivity index (χ2v) is 6.02. The average molecular weight is 355 g/mol. The second kappa shape index (κ2) is 6.61. The maximum Gasteiger partial charge on any atom is 0.120 e. The lowest BCUT2D eigenvalue weighted by molar-refractivity contribution is 0.305. The van der Waals surface area contributed by atoms with Gasteiger partial charge in [0.25, 0.3) is 0 Å². The molecule has 0 spiro atoms. The van der Waals surface area contributed by atoms with E-state index in [9.17, 15) is 0 Å². The Morgan fingerprint density at radius 3 is 2.35 bits per heavy atom. The second-order valence-electron chi connectivity index (χ2n) is 4.79. The third-order valence-corrected chi connectivity index (χ3v) is 4.49. The van der Waals surface area contributed by atoms with Crippen LogP contribution in [0.3, 0.4) is 0 Å². The lowest BCUT2D eigenvalue weighted by Crippen LogP contribution is -2.00. The van der Waals surface area contributed by atoms with Crippen molar-refractivity contribution in [3.05, 3.63) is 62.1 Å². The van der Waals surface area contributed by atoms with E-state index in [4.69, 9.17) is 22.1 Å². The van der Waals surface area contributed by atoms with Crippen LogP contribution in [0.5, 0.6) is 5.75 Å². The first-order valence-corrected chi connectivity index (χ1v) is 7.55. The van der Waals surface area contributed by atoms with Crippen LogP contribution in [0.1, 0.15) is 22.3 Å². The summed E-state index contributed by atoms with van der Waals surface area (Å²) in [6.45, 7) is 5.00. The van der Waals surface area contributed by atoms with Gasteiger partial charge >= 0.3 is 0 Å². The molecule has 4 heteroatoms. The Kier molecular flexibility index (Phi) is 5.08. The van der Waals surface area contributed by atoms with Gasteiger partial charge in [-0.2, -0.15) is 0 Å². The van der Waals surface area contributed by atoms with E-state index in [2.05, 4.69) is 15.9 Å². The lowest BCUT2D eigenvalue weighted by atomic mass is 10.1. The normalized spacial score (nSPS) is 10.7. The quantitative estimate of drug-likeness (QED) is 0.859. The minimum atomic E-state index is 0.506.